The monoisotopic (exact) mass is 308 g/mol. The summed E-state index contributed by atoms with van der Waals surface area (Å²) in [5, 5.41) is 9.81. The van der Waals surface area contributed by atoms with Crippen LogP contribution < -0.4 is 4.74 Å². The van der Waals surface area contributed by atoms with E-state index in [9.17, 15) is 13.5 Å². The van der Waals surface area contributed by atoms with Gasteiger partial charge in [0.05, 0.1) is 19.0 Å². The van der Waals surface area contributed by atoms with Gasteiger partial charge >= 0.3 is 0 Å². The second-order valence-corrected chi connectivity index (χ2v) is 6.60. The number of methoxy groups -OCH3 is 1. The third kappa shape index (κ3) is 3.77. The van der Waals surface area contributed by atoms with Crippen LogP contribution in [0.5, 0.6) is 5.75 Å². The lowest BCUT2D eigenvalue weighted by atomic mass is 10.1. The van der Waals surface area contributed by atoms with Crippen LogP contribution in [0.4, 0.5) is 0 Å². The molecule has 90 valence electrons. The summed E-state index contributed by atoms with van der Waals surface area (Å²) < 4.78 is 28.0. The molecule has 0 amide bonds. The Hall–Kier alpha value is -0.590. The van der Waals surface area contributed by atoms with Gasteiger partial charge in [0.1, 0.15) is 15.6 Å². The number of ether oxygens (including phenoxy) is 1. The van der Waals surface area contributed by atoms with Crippen LogP contribution in [0.2, 0.25) is 0 Å². The quantitative estimate of drug-likeness (QED) is 0.916. The number of benzene rings is 1. The molecule has 0 radical (unpaired) electrons. The van der Waals surface area contributed by atoms with E-state index in [0.29, 0.717) is 11.3 Å². The van der Waals surface area contributed by atoms with Crippen molar-refractivity contribution in [3.8, 4) is 5.75 Å². The third-order valence-electron chi connectivity index (χ3n) is 2.01. The fraction of sp³-hybridized carbons (Fsp3) is 0.400. The Balaban J connectivity index is 3.06. The number of hydrogen-bond acceptors (Lipinski definition) is 4. The zero-order valence-corrected chi connectivity index (χ0v) is 11.4. The van der Waals surface area contributed by atoms with Gasteiger partial charge in [-0.3, -0.25) is 0 Å². The van der Waals surface area contributed by atoms with Crippen molar-refractivity contribution in [2.24, 2.45) is 0 Å². The molecule has 0 spiro atoms. The lowest BCUT2D eigenvalue weighted by Gasteiger charge is -2.14. The first-order valence-corrected chi connectivity index (χ1v) is 7.38. The maximum atomic E-state index is 11.1. The van der Waals surface area contributed by atoms with Crippen LogP contribution in [-0.4, -0.2) is 32.6 Å². The molecule has 0 heterocycles. The Labute approximate surface area is 103 Å². The number of halogens is 1. The van der Waals surface area contributed by atoms with Gasteiger partial charge in [0, 0.05) is 16.3 Å². The molecule has 1 rings (SSSR count). The number of aliphatic hydroxyl groups is 1. The van der Waals surface area contributed by atoms with Crippen LogP contribution in [0, 0.1) is 0 Å². The summed E-state index contributed by atoms with van der Waals surface area (Å²) in [4.78, 5) is 0. The van der Waals surface area contributed by atoms with Gasteiger partial charge in [0.2, 0.25) is 0 Å². The lowest BCUT2D eigenvalue weighted by Crippen LogP contribution is -2.13. The lowest BCUT2D eigenvalue weighted by molar-refractivity contribution is 0.196. The van der Waals surface area contributed by atoms with Gasteiger partial charge in [-0.15, -0.1) is 0 Å². The van der Waals surface area contributed by atoms with Crippen LogP contribution in [0.25, 0.3) is 0 Å². The molecule has 1 N–H and O–H groups in total. The van der Waals surface area contributed by atoms with Crippen molar-refractivity contribution < 1.29 is 18.3 Å². The van der Waals surface area contributed by atoms with Crippen molar-refractivity contribution in [3.05, 3.63) is 28.2 Å². The highest BCUT2D eigenvalue weighted by Crippen LogP contribution is 2.29. The maximum absolute atomic E-state index is 11.1. The normalized spacial score (nSPS) is 13.5. The SMILES string of the molecule is COc1ccc(Br)cc1C(O)CS(C)(=O)=O. The fourth-order valence-electron chi connectivity index (χ4n) is 1.34. The Morgan fingerprint density at radius 3 is 2.62 bits per heavy atom. The fourth-order valence-corrected chi connectivity index (χ4v) is 2.47. The molecule has 0 aliphatic heterocycles. The van der Waals surface area contributed by atoms with Gasteiger partial charge in [-0.2, -0.15) is 0 Å². The van der Waals surface area contributed by atoms with Crippen molar-refractivity contribution in [1.82, 2.24) is 0 Å². The first kappa shape index (κ1) is 13.5. The van der Waals surface area contributed by atoms with Gasteiger partial charge in [-0.1, -0.05) is 15.9 Å². The molecular weight excluding hydrogens is 296 g/mol. The molecule has 0 aliphatic carbocycles. The van der Waals surface area contributed by atoms with E-state index in [2.05, 4.69) is 15.9 Å². The Kier molecular flexibility index (Phi) is 4.35. The van der Waals surface area contributed by atoms with E-state index in [1.54, 1.807) is 18.2 Å². The molecule has 0 bridgehead atoms. The molecule has 1 atom stereocenters. The molecule has 1 aromatic carbocycles. The number of hydrogen-bond donors (Lipinski definition) is 1. The van der Waals surface area contributed by atoms with Gasteiger partial charge in [0.25, 0.3) is 0 Å². The summed E-state index contributed by atoms with van der Waals surface area (Å²) in [7, 11) is -1.76. The van der Waals surface area contributed by atoms with Crippen molar-refractivity contribution >= 4 is 25.8 Å². The van der Waals surface area contributed by atoms with Gasteiger partial charge < -0.3 is 9.84 Å². The van der Waals surface area contributed by atoms with Crippen LogP contribution in [0.1, 0.15) is 11.7 Å². The molecule has 0 aliphatic rings. The average molecular weight is 309 g/mol. The summed E-state index contributed by atoms with van der Waals surface area (Å²) in [5.74, 6) is 0.152. The van der Waals surface area contributed by atoms with Gasteiger partial charge in [-0.25, -0.2) is 8.42 Å². The topological polar surface area (TPSA) is 63.6 Å². The van der Waals surface area contributed by atoms with E-state index in [0.717, 1.165) is 10.7 Å². The molecule has 6 heteroatoms. The van der Waals surface area contributed by atoms with E-state index in [-0.39, 0.29) is 5.75 Å². The molecule has 1 aromatic rings. The number of sulfone groups is 1. The predicted octanol–water partition coefficient (Wildman–Crippen LogP) is 1.54. The second kappa shape index (κ2) is 5.16. The Morgan fingerprint density at radius 2 is 2.12 bits per heavy atom. The highest BCUT2D eigenvalue weighted by atomic mass is 79.9. The molecular formula is C10H13BrO4S. The van der Waals surface area contributed by atoms with E-state index < -0.39 is 15.9 Å². The van der Waals surface area contributed by atoms with E-state index >= 15 is 0 Å². The summed E-state index contributed by atoms with van der Waals surface area (Å²) in [6.07, 6.45) is 0.00294. The van der Waals surface area contributed by atoms with Gasteiger partial charge in [0.15, 0.2) is 0 Å². The summed E-state index contributed by atoms with van der Waals surface area (Å²) >= 11 is 3.26. The number of aliphatic hydroxyl groups excluding tert-OH is 1. The predicted molar refractivity (Wildman–Crippen MR) is 65.4 cm³/mol. The van der Waals surface area contributed by atoms with E-state index in [1.165, 1.54) is 7.11 Å². The smallest absolute Gasteiger partial charge is 0.150 e. The Bertz CT molecular complexity index is 470. The van der Waals surface area contributed by atoms with Crippen molar-refractivity contribution in [2.45, 2.75) is 6.10 Å². The van der Waals surface area contributed by atoms with E-state index in [1.807, 2.05) is 0 Å². The molecule has 0 aromatic heterocycles. The largest absolute Gasteiger partial charge is 0.496 e. The third-order valence-corrected chi connectivity index (χ3v) is 3.43. The summed E-state index contributed by atoms with van der Waals surface area (Å²) in [5.41, 5.74) is 0.460. The standard InChI is InChI=1S/C10H13BrO4S/c1-15-10-4-3-7(11)5-8(10)9(12)6-16(2,13)14/h3-5,9,12H,6H2,1-2H3. The molecule has 4 nitrogen and oxygen atoms in total. The zero-order valence-electron chi connectivity index (χ0n) is 8.97. The minimum absolute atomic E-state index is 0.320. The summed E-state index contributed by atoms with van der Waals surface area (Å²) in [6, 6.07) is 5.08. The zero-order chi connectivity index (χ0) is 12.3. The molecule has 0 fully saturated rings. The highest BCUT2D eigenvalue weighted by molar-refractivity contribution is 9.10. The van der Waals surface area contributed by atoms with Crippen molar-refractivity contribution in [1.29, 1.82) is 0 Å². The molecule has 0 saturated carbocycles. The van der Waals surface area contributed by atoms with Crippen molar-refractivity contribution in [2.75, 3.05) is 19.1 Å². The molecule has 1 unspecified atom stereocenters. The Morgan fingerprint density at radius 1 is 1.50 bits per heavy atom. The summed E-state index contributed by atoms with van der Waals surface area (Å²) in [6.45, 7) is 0. The first-order chi connectivity index (χ1) is 7.33. The van der Waals surface area contributed by atoms with E-state index in [4.69, 9.17) is 4.74 Å². The first-order valence-electron chi connectivity index (χ1n) is 4.52. The van der Waals surface area contributed by atoms with Crippen LogP contribution in [0.15, 0.2) is 22.7 Å². The number of rotatable bonds is 4. The average Bonchev–Trinajstić information content (AvgIpc) is 2.15. The van der Waals surface area contributed by atoms with Crippen molar-refractivity contribution in [3.63, 3.8) is 0 Å². The van der Waals surface area contributed by atoms with Gasteiger partial charge in [-0.05, 0) is 18.2 Å². The second-order valence-electron chi connectivity index (χ2n) is 3.49. The van der Waals surface area contributed by atoms with Crippen LogP contribution >= 0.6 is 15.9 Å². The minimum atomic E-state index is -3.23. The molecule has 0 saturated heterocycles. The van der Waals surface area contributed by atoms with Crippen LogP contribution in [0.3, 0.4) is 0 Å². The maximum Gasteiger partial charge on any atom is 0.150 e. The van der Waals surface area contributed by atoms with Crippen LogP contribution in [-0.2, 0) is 9.84 Å². The minimum Gasteiger partial charge on any atom is -0.496 e. The highest BCUT2D eigenvalue weighted by Gasteiger charge is 2.18. The molecule has 16 heavy (non-hydrogen) atoms.